The van der Waals surface area contributed by atoms with Crippen molar-refractivity contribution < 1.29 is 18.0 Å². The van der Waals surface area contributed by atoms with Gasteiger partial charge in [-0.1, -0.05) is 18.1 Å². The number of hydrogen-bond acceptors (Lipinski definition) is 5. The molecule has 2 aromatic carbocycles. The molecule has 4 aromatic rings. The van der Waals surface area contributed by atoms with Crippen LogP contribution in [-0.2, 0) is 6.18 Å². The van der Waals surface area contributed by atoms with Gasteiger partial charge in [0.05, 0.1) is 10.9 Å². The number of anilines is 2. The number of hydrogen-bond donors (Lipinski definition) is 2. The molecule has 0 spiro atoms. The fraction of sp³-hybridized carbons (Fsp3) is 0.200. The van der Waals surface area contributed by atoms with E-state index in [1.54, 1.807) is 22.9 Å². The van der Waals surface area contributed by atoms with E-state index in [1.807, 2.05) is 20.8 Å². The molecule has 0 aliphatic rings. The lowest BCUT2D eigenvalue weighted by molar-refractivity contribution is -0.137. The lowest BCUT2D eigenvalue weighted by Crippen LogP contribution is -2.14. The summed E-state index contributed by atoms with van der Waals surface area (Å²) in [6.45, 7) is 5.77. The molecule has 0 aliphatic heterocycles. The Morgan fingerprint density at radius 1 is 1.11 bits per heavy atom. The SMILES string of the molecule is Cc1ccc(NC(=O)c2cccc(C(F)(F)F)c2)cc1C#Cc1nn(C(C)C)c2ncnc(N)c12. The molecule has 4 rings (SSSR count). The van der Waals surface area contributed by atoms with Crippen molar-refractivity contribution in [2.24, 2.45) is 0 Å². The van der Waals surface area contributed by atoms with Crippen molar-refractivity contribution in [1.82, 2.24) is 19.7 Å². The van der Waals surface area contributed by atoms with E-state index in [9.17, 15) is 18.0 Å². The van der Waals surface area contributed by atoms with Crippen LogP contribution in [-0.4, -0.2) is 25.7 Å². The van der Waals surface area contributed by atoms with E-state index in [0.717, 1.165) is 17.7 Å². The van der Waals surface area contributed by atoms with Gasteiger partial charge in [-0.3, -0.25) is 4.79 Å². The van der Waals surface area contributed by atoms with Crippen LogP contribution in [0.1, 0.15) is 52.6 Å². The molecule has 0 bridgehead atoms. The Kier molecular flexibility index (Phi) is 6.18. The number of amides is 1. The average molecular weight is 478 g/mol. The third-order valence-corrected chi connectivity index (χ3v) is 5.27. The summed E-state index contributed by atoms with van der Waals surface area (Å²) in [5, 5.41) is 7.71. The minimum Gasteiger partial charge on any atom is -0.383 e. The van der Waals surface area contributed by atoms with Crippen molar-refractivity contribution >= 4 is 28.4 Å². The van der Waals surface area contributed by atoms with E-state index in [2.05, 4.69) is 32.2 Å². The fourth-order valence-corrected chi connectivity index (χ4v) is 3.44. The standard InChI is InChI=1S/C25H21F3N6O/c1-14(2)34-23-21(22(29)30-13-31-23)20(33-34)10-8-16-12-19(9-7-15(16)3)32-24(35)17-5-4-6-18(11-17)25(26,27)28/h4-7,9,11-14H,1-3H3,(H,32,35)(H2,29,30,31). The number of rotatable bonds is 3. The van der Waals surface area contributed by atoms with Crippen molar-refractivity contribution in [1.29, 1.82) is 0 Å². The Labute approximate surface area is 199 Å². The zero-order valence-corrected chi connectivity index (χ0v) is 19.1. The molecule has 7 nitrogen and oxygen atoms in total. The Morgan fingerprint density at radius 3 is 2.60 bits per heavy atom. The molecular weight excluding hydrogens is 457 g/mol. The molecule has 1 amide bonds. The highest BCUT2D eigenvalue weighted by Gasteiger charge is 2.30. The van der Waals surface area contributed by atoms with Crippen LogP contribution in [0.4, 0.5) is 24.7 Å². The number of carbonyl (C=O) groups excluding carboxylic acids is 1. The van der Waals surface area contributed by atoms with Crippen molar-refractivity contribution in [2.45, 2.75) is 33.0 Å². The van der Waals surface area contributed by atoms with Gasteiger partial charge in [-0.05, 0) is 62.6 Å². The Morgan fingerprint density at radius 2 is 1.89 bits per heavy atom. The van der Waals surface area contributed by atoms with Gasteiger partial charge < -0.3 is 11.1 Å². The summed E-state index contributed by atoms with van der Waals surface area (Å²) in [4.78, 5) is 20.9. The van der Waals surface area contributed by atoms with E-state index in [-0.39, 0.29) is 17.4 Å². The van der Waals surface area contributed by atoms with Crippen LogP contribution in [0.5, 0.6) is 0 Å². The minimum atomic E-state index is -4.54. The first-order chi connectivity index (χ1) is 16.5. The van der Waals surface area contributed by atoms with Crippen molar-refractivity contribution in [3.63, 3.8) is 0 Å². The maximum absolute atomic E-state index is 13.0. The molecule has 0 unspecified atom stereocenters. The number of carbonyl (C=O) groups is 1. The van der Waals surface area contributed by atoms with Crippen molar-refractivity contribution in [3.05, 3.63) is 76.7 Å². The molecule has 0 aliphatic carbocycles. The van der Waals surface area contributed by atoms with Crippen LogP contribution >= 0.6 is 0 Å². The van der Waals surface area contributed by atoms with E-state index < -0.39 is 17.6 Å². The topological polar surface area (TPSA) is 98.7 Å². The summed E-state index contributed by atoms with van der Waals surface area (Å²) in [6.07, 6.45) is -3.17. The highest BCUT2D eigenvalue weighted by atomic mass is 19.4. The molecule has 0 atom stereocenters. The number of benzene rings is 2. The van der Waals surface area contributed by atoms with Gasteiger partial charge in [0.25, 0.3) is 5.91 Å². The second-order valence-electron chi connectivity index (χ2n) is 8.16. The molecule has 178 valence electrons. The number of halogens is 3. The van der Waals surface area contributed by atoms with Gasteiger partial charge in [-0.15, -0.1) is 0 Å². The number of aryl methyl sites for hydroxylation is 1. The minimum absolute atomic E-state index is 0.0264. The molecule has 0 fully saturated rings. The highest BCUT2D eigenvalue weighted by molar-refractivity contribution is 6.04. The maximum atomic E-state index is 13.0. The van der Waals surface area contributed by atoms with E-state index in [1.165, 1.54) is 18.5 Å². The Balaban J connectivity index is 1.65. The molecule has 2 aromatic heterocycles. The predicted octanol–water partition coefficient (Wildman–Crippen LogP) is 4.97. The third-order valence-electron chi connectivity index (χ3n) is 5.27. The van der Waals surface area contributed by atoms with Gasteiger partial charge in [-0.2, -0.15) is 18.3 Å². The number of aromatic nitrogens is 4. The van der Waals surface area contributed by atoms with E-state index in [4.69, 9.17) is 5.73 Å². The molecule has 10 heteroatoms. The van der Waals surface area contributed by atoms with Crippen LogP contribution in [0.3, 0.4) is 0 Å². The van der Waals surface area contributed by atoms with Crippen molar-refractivity contribution in [2.75, 3.05) is 11.1 Å². The summed E-state index contributed by atoms with van der Waals surface area (Å²) in [5.41, 5.74) is 7.89. The monoisotopic (exact) mass is 478 g/mol. The van der Waals surface area contributed by atoms with E-state index >= 15 is 0 Å². The smallest absolute Gasteiger partial charge is 0.383 e. The predicted molar refractivity (Wildman–Crippen MR) is 127 cm³/mol. The summed E-state index contributed by atoms with van der Waals surface area (Å²) >= 11 is 0. The maximum Gasteiger partial charge on any atom is 0.416 e. The summed E-state index contributed by atoms with van der Waals surface area (Å²) in [7, 11) is 0. The number of nitrogens with one attached hydrogen (secondary N) is 1. The first-order valence-corrected chi connectivity index (χ1v) is 10.6. The second kappa shape index (κ2) is 9.10. The second-order valence-corrected chi connectivity index (χ2v) is 8.16. The van der Waals surface area contributed by atoms with Gasteiger partial charge >= 0.3 is 6.18 Å². The van der Waals surface area contributed by atoms with Gasteiger partial charge in [0.15, 0.2) is 5.65 Å². The molecule has 0 radical (unpaired) electrons. The molecule has 0 saturated carbocycles. The summed E-state index contributed by atoms with van der Waals surface area (Å²) in [6, 6.07) is 9.33. The third kappa shape index (κ3) is 4.94. The number of nitrogens with two attached hydrogens (primary N) is 1. The van der Waals surface area contributed by atoms with Crippen LogP contribution in [0.15, 0.2) is 48.8 Å². The van der Waals surface area contributed by atoms with Crippen LogP contribution in [0.2, 0.25) is 0 Å². The van der Waals surface area contributed by atoms with Crippen LogP contribution < -0.4 is 11.1 Å². The normalized spacial score (nSPS) is 11.4. The fourth-order valence-electron chi connectivity index (χ4n) is 3.44. The first-order valence-electron chi connectivity index (χ1n) is 10.6. The summed E-state index contributed by atoms with van der Waals surface area (Å²) in [5.74, 6) is 5.67. The van der Waals surface area contributed by atoms with E-state index in [0.29, 0.717) is 28.0 Å². The van der Waals surface area contributed by atoms with Gasteiger partial charge in [0.2, 0.25) is 0 Å². The molecule has 35 heavy (non-hydrogen) atoms. The first kappa shape index (κ1) is 23.8. The Bertz CT molecular complexity index is 1490. The number of fused-ring (bicyclic) bond motifs is 1. The lowest BCUT2D eigenvalue weighted by atomic mass is 10.1. The zero-order valence-electron chi connectivity index (χ0n) is 19.1. The molecule has 0 saturated heterocycles. The number of nitrogen functional groups attached to an aromatic ring is 1. The van der Waals surface area contributed by atoms with Crippen LogP contribution in [0.25, 0.3) is 11.0 Å². The quantitative estimate of drug-likeness (QED) is 0.405. The molecular formula is C25H21F3N6O. The number of nitrogens with zero attached hydrogens (tertiary/aromatic N) is 4. The molecule has 3 N–H and O–H groups in total. The highest BCUT2D eigenvalue weighted by Crippen LogP contribution is 2.30. The lowest BCUT2D eigenvalue weighted by Gasteiger charge is -2.10. The zero-order chi connectivity index (χ0) is 25.3. The Hall–Kier alpha value is -4.39. The van der Waals surface area contributed by atoms with Gasteiger partial charge in [0.1, 0.15) is 17.8 Å². The number of alkyl halides is 3. The summed E-state index contributed by atoms with van der Waals surface area (Å²) < 4.78 is 40.7. The van der Waals surface area contributed by atoms with Gasteiger partial charge in [0, 0.05) is 22.9 Å². The molecule has 2 heterocycles. The van der Waals surface area contributed by atoms with Crippen LogP contribution in [0, 0.1) is 18.8 Å². The van der Waals surface area contributed by atoms with Gasteiger partial charge in [-0.25, -0.2) is 14.6 Å². The average Bonchev–Trinajstić information content (AvgIpc) is 3.19. The largest absolute Gasteiger partial charge is 0.416 e. The van der Waals surface area contributed by atoms with Crippen molar-refractivity contribution in [3.8, 4) is 11.8 Å².